The molecule has 0 amide bonds. The van der Waals surface area contributed by atoms with Crippen LogP contribution >= 0.6 is 24.0 Å². The molecule has 172 valence electrons. The van der Waals surface area contributed by atoms with Crippen LogP contribution in [0.4, 0.5) is 0 Å². The Hall–Kier alpha value is -2.12. The predicted molar refractivity (Wildman–Crippen MR) is 127 cm³/mol. The lowest BCUT2D eigenvalue weighted by Crippen LogP contribution is -2.46. The Morgan fingerprint density at radius 3 is 2.55 bits per heavy atom. The molecule has 1 unspecified atom stereocenters. The summed E-state index contributed by atoms with van der Waals surface area (Å²) in [6.45, 7) is 5.99. The fourth-order valence-electron chi connectivity index (χ4n) is 3.40. The maximum absolute atomic E-state index is 5.54. The van der Waals surface area contributed by atoms with Crippen LogP contribution in [-0.2, 0) is 11.3 Å². The van der Waals surface area contributed by atoms with Gasteiger partial charge in [0, 0.05) is 33.6 Å². The first kappa shape index (κ1) is 25.1. The van der Waals surface area contributed by atoms with Crippen molar-refractivity contribution in [2.24, 2.45) is 4.99 Å². The molecule has 0 bridgehead atoms. The van der Waals surface area contributed by atoms with Crippen molar-refractivity contribution in [3.05, 3.63) is 35.5 Å². The number of nitrogens with one attached hydrogen (secondary N) is 2. The number of rotatable bonds is 8. The molecule has 1 saturated heterocycles. The van der Waals surface area contributed by atoms with Crippen molar-refractivity contribution in [1.29, 1.82) is 0 Å². The molecule has 0 aliphatic carbocycles. The molecule has 1 aliphatic heterocycles. The quantitative estimate of drug-likeness (QED) is 0.291. The van der Waals surface area contributed by atoms with Gasteiger partial charge >= 0.3 is 0 Å². The van der Waals surface area contributed by atoms with Crippen molar-refractivity contribution in [2.45, 2.75) is 19.5 Å². The normalized spacial score (nSPS) is 15.7. The van der Waals surface area contributed by atoms with Gasteiger partial charge in [0.15, 0.2) is 23.3 Å². The van der Waals surface area contributed by atoms with Gasteiger partial charge in [-0.3, -0.25) is 9.89 Å². The highest BCUT2D eigenvalue weighted by Crippen LogP contribution is 2.32. The molecule has 1 atom stereocenters. The van der Waals surface area contributed by atoms with Gasteiger partial charge in [-0.05, 0) is 17.7 Å². The standard InChI is InChI=1S/C20H30N6O4.HI/c1-14-24-19(25-30-14)13-23-20(21-2)22-12-16(26-7-9-29-10-8-26)15-5-6-17(27-3)18(11-15)28-4;/h5-6,11,16H,7-10,12-13H2,1-4H3,(H2,21,22,23);1H. The van der Waals surface area contributed by atoms with Crippen LogP contribution in [0.15, 0.2) is 27.7 Å². The largest absolute Gasteiger partial charge is 0.493 e. The van der Waals surface area contributed by atoms with Crippen molar-refractivity contribution < 1.29 is 18.7 Å². The van der Waals surface area contributed by atoms with Crippen molar-refractivity contribution in [3.8, 4) is 11.5 Å². The van der Waals surface area contributed by atoms with Crippen LogP contribution in [0.2, 0.25) is 0 Å². The molecule has 2 aromatic rings. The average molecular weight is 546 g/mol. The van der Waals surface area contributed by atoms with E-state index < -0.39 is 0 Å². The maximum Gasteiger partial charge on any atom is 0.223 e. The summed E-state index contributed by atoms with van der Waals surface area (Å²) < 4.78 is 21.4. The Kier molecular flexibility index (Phi) is 10.3. The number of aryl methyl sites for hydroxylation is 1. The lowest BCUT2D eigenvalue weighted by Gasteiger charge is -2.35. The highest BCUT2D eigenvalue weighted by molar-refractivity contribution is 14.0. The van der Waals surface area contributed by atoms with E-state index in [1.807, 2.05) is 12.1 Å². The smallest absolute Gasteiger partial charge is 0.223 e. The van der Waals surface area contributed by atoms with Crippen LogP contribution in [0.5, 0.6) is 11.5 Å². The zero-order valence-corrected chi connectivity index (χ0v) is 20.7. The first-order chi connectivity index (χ1) is 14.6. The number of methoxy groups -OCH3 is 2. The van der Waals surface area contributed by atoms with E-state index in [0.29, 0.717) is 55.5 Å². The monoisotopic (exact) mass is 546 g/mol. The van der Waals surface area contributed by atoms with Crippen LogP contribution in [0.1, 0.15) is 23.3 Å². The fraction of sp³-hybridized carbons (Fsp3) is 0.550. The Morgan fingerprint density at radius 1 is 1.19 bits per heavy atom. The number of halogens is 1. The van der Waals surface area contributed by atoms with E-state index in [1.165, 1.54) is 0 Å². The van der Waals surface area contributed by atoms with Crippen molar-refractivity contribution in [1.82, 2.24) is 25.7 Å². The minimum absolute atomic E-state index is 0. The number of aromatic nitrogens is 2. The summed E-state index contributed by atoms with van der Waals surface area (Å²) in [6.07, 6.45) is 0. The van der Waals surface area contributed by atoms with E-state index in [-0.39, 0.29) is 30.0 Å². The number of benzene rings is 1. The Balaban J connectivity index is 0.00000341. The van der Waals surface area contributed by atoms with Crippen molar-refractivity contribution in [2.75, 3.05) is 54.1 Å². The molecule has 2 N–H and O–H groups in total. The molecule has 3 rings (SSSR count). The second-order valence-electron chi connectivity index (χ2n) is 6.81. The molecule has 0 radical (unpaired) electrons. The highest BCUT2D eigenvalue weighted by Gasteiger charge is 2.24. The molecule has 1 fully saturated rings. The van der Waals surface area contributed by atoms with E-state index in [1.54, 1.807) is 28.2 Å². The van der Waals surface area contributed by atoms with Crippen molar-refractivity contribution >= 4 is 29.9 Å². The Bertz CT molecular complexity index is 841. The van der Waals surface area contributed by atoms with Gasteiger partial charge in [-0.25, -0.2) is 0 Å². The average Bonchev–Trinajstić information content (AvgIpc) is 3.21. The lowest BCUT2D eigenvalue weighted by atomic mass is 10.0. The number of nitrogens with zero attached hydrogens (tertiary/aromatic N) is 4. The van der Waals surface area contributed by atoms with Gasteiger partial charge in [-0.15, -0.1) is 24.0 Å². The third kappa shape index (κ3) is 6.94. The molecule has 11 heteroatoms. The summed E-state index contributed by atoms with van der Waals surface area (Å²) in [5.41, 5.74) is 1.13. The third-order valence-corrected chi connectivity index (χ3v) is 4.95. The van der Waals surface area contributed by atoms with Gasteiger partial charge in [0.05, 0.1) is 40.0 Å². The Morgan fingerprint density at radius 2 is 1.94 bits per heavy atom. The number of guanidine groups is 1. The summed E-state index contributed by atoms with van der Waals surface area (Å²) >= 11 is 0. The minimum Gasteiger partial charge on any atom is -0.493 e. The van der Waals surface area contributed by atoms with E-state index in [9.17, 15) is 0 Å². The van der Waals surface area contributed by atoms with Crippen LogP contribution in [0.25, 0.3) is 0 Å². The molecule has 1 aliphatic rings. The minimum atomic E-state index is 0. The second kappa shape index (κ2) is 12.7. The molecular weight excluding hydrogens is 515 g/mol. The Labute approximate surface area is 199 Å². The molecule has 0 spiro atoms. The topological polar surface area (TPSA) is 106 Å². The summed E-state index contributed by atoms with van der Waals surface area (Å²) in [5, 5.41) is 10.5. The SMILES string of the molecule is CN=C(NCc1noc(C)n1)NCC(c1ccc(OC)c(OC)c1)N1CCOCC1.I. The molecule has 10 nitrogen and oxygen atoms in total. The summed E-state index contributed by atoms with van der Waals surface area (Å²) in [5.74, 6) is 3.21. The van der Waals surface area contributed by atoms with Crippen molar-refractivity contribution in [3.63, 3.8) is 0 Å². The van der Waals surface area contributed by atoms with E-state index in [4.69, 9.17) is 18.7 Å². The van der Waals surface area contributed by atoms with E-state index >= 15 is 0 Å². The molecule has 1 aromatic carbocycles. The van der Waals surface area contributed by atoms with Crippen LogP contribution in [-0.4, -0.2) is 75.1 Å². The van der Waals surface area contributed by atoms with Gasteiger partial charge in [0.2, 0.25) is 5.89 Å². The van der Waals surface area contributed by atoms with E-state index in [2.05, 4.69) is 36.7 Å². The molecular formula is C20H31IN6O4. The number of hydrogen-bond donors (Lipinski definition) is 2. The zero-order valence-electron chi connectivity index (χ0n) is 18.4. The molecule has 2 heterocycles. The molecule has 1 aromatic heterocycles. The summed E-state index contributed by atoms with van der Waals surface area (Å²) in [4.78, 5) is 10.9. The summed E-state index contributed by atoms with van der Waals surface area (Å²) in [6, 6.07) is 6.15. The maximum atomic E-state index is 5.54. The number of hydrogen-bond acceptors (Lipinski definition) is 8. The third-order valence-electron chi connectivity index (χ3n) is 4.95. The summed E-state index contributed by atoms with van der Waals surface area (Å²) in [7, 11) is 5.02. The first-order valence-electron chi connectivity index (χ1n) is 9.92. The van der Waals surface area contributed by atoms with Crippen LogP contribution < -0.4 is 20.1 Å². The fourth-order valence-corrected chi connectivity index (χ4v) is 3.40. The van der Waals surface area contributed by atoms with Crippen LogP contribution in [0.3, 0.4) is 0 Å². The number of ether oxygens (including phenoxy) is 3. The van der Waals surface area contributed by atoms with Gasteiger partial charge in [-0.2, -0.15) is 4.98 Å². The second-order valence-corrected chi connectivity index (χ2v) is 6.81. The van der Waals surface area contributed by atoms with Gasteiger partial charge in [0.1, 0.15) is 0 Å². The van der Waals surface area contributed by atoms with Crippen LogP contribution in [0, 0.1) is 6.92 Å². The molecule has 31 heavy (non-hydrogen) atoms. The first-order valence-corrected chi connectivity index (χ1v) is 9.92. The number of aliphatic imine (C=N–C) groups is 1. The van der Waals surface area contributed by atoms with Gasteiger partial charge in [0.25, 0.3) is 0 Å². The predicted octanol–water partition coefficient (Wildman–Crippen LogP) is 1.75. The lowest BCUT2D eigenvalue weighted by molar-refractivity contribution is 0.0169. The highest BCUT2D eigenvalue weighted by atomic mass is 127. The van der Waals surface area contributed by atoms with Gasteiger partial charge < -0.3 is 29.4 Å². The van der Waals surface area contributed by atoms with Gasteiger partial charge in [-0.1, -0.05) is 11.2 Å². The number of morpholine rings is 1. The van der Waals surface area contributed by atoms with E-state index in [0.717, 1.165) is 18.7 Å². The molecule has 0 saturated carbocycles. The zero-order chi connectivity index (χ0) is 21.3.